The van der Waals surface area contributed by atoms with Crippen LogP contribution in [0.25, 0.3) is 0 Å². The van der Waals surface area contributed by atoms with Crippen LogP contribution in [0.1, 0.15) is 18.4 Å². The highest BCUT2D eigenvalue weighted by atomic mass is 32.2. The number of benzene rings is 1. The normalized spacial score (nSPS) is 24.9. The van der Waals surface area contributed by atoms with E-state index in [9.17, 15) is 29.1 Å². The number of carbonyl (C=O) groups is 5. The zero-order valence-corrected chi connectivity index (χ0v) is 21.4. The van der Waals surface area contributed by atoms with Gasteiger partial charge in [0.25, 0.3) is 0 Å². The number of hydrogen-bond acceptors (Lipinski definition) is 9. The Kier molecular flexibility index (Phi) is 12.2. The van der Waals surface area contributed by atoms with Gasteiger partial charge in [-0.05, 0) is 37.5 Å². The summed E-state index contributed by atoms with van der Waals surface area (Å²) in [5.74, 6) is -2.20. The first kappa shape index (κ1) is 28.8. The summed E-state index contributed by atoms with van der Waals surface area (Å²) < 4.78 is 0. The van der Waals surface area contributed by atoms with Crippen molar-refractivity contribution in [2.75, 3.05) is 31.4 Å². The van der Waals surface area contributed by atoms with Gasteiger partial charge in [0, 0.05) is 5.75 Å². The molecule has 0 radical (unpaired) electrons. The molecule has 0 unspecified atom stereocenters. The SMILES string of the molecule is CN[C@H]1CSC(=O)[C@H](CCSC)NCC(=O)[C@H](Cc2ccccc2)NC(=O)[C@H](CC(=O)O)NC1=O. The minimum Gasteiger partial charge on any atom is -0.481 e. The van der Waals surface area contributed by atoms with Crippen LogP contribution < -0.4 is 21.3 Å². The average molecular weight is 525 g/mol. The Bertz CT molecular complexity index is 901. The predicted molar refractivity (Wildman–Crippen MR) is 136 cm³/mol. The lowest BCUT2D eigenvalue weighted by atomic mass is 10.0. The zero-order chi connectivity index (χ0) is 25.8. The Morgan fingerprint density at radius 3 is 2.40 bits per heavy atom. The molecule has 0 saturated carbocycles. The third-order valence-corrected chi connectivity index (χ3v) is 7.19. The van der Waals surface area contributed by atoms with Crippen LogP contribution in [-0.4, -0.2) is 89.3 Å². The van der Waals surface area contributed by atoms with Crippen molar-refractivity contribution < 1.29 is 29.1 Å². The third-order valence-electron chi connectivity index (χ3n) is 5.47. The summed E-state index contributed by atoms with van der Waals surface area (Å²) in [6.45, 7) is -0.144. The molecule has 35 heavy (non-hydrogen) atoms. The molecule has 1 aromatic rings. The molecule has 1 aliphatic rings. The first-order valence-corrected chi connectivity index (χ1v) is 13.6. The van der Waals surface area contributed by atoms with Crippen molar-refractivity contribution in [1.82, 2.24) is 21.3 Å². The van der Waals surface area contributed by atoms with Crippen LogP contribution in [0.5, 0.6) is 0 Å². The van der Waals surface area contributed by atoms with Crippen molar-refractivity contribution in [1.29, 1.82) is 0 Å². The lowest BCUT2D eigenvalue weighted by molar-refractivity contribution is -0.141. The van der Waals surface area contributed by atoms with Gasteiger partial charge in [0.15, 0.2) is 5.78 Å². The molecule has 1 aliphatic heterocycles. The Morgan fingerprint density at radius 1 is 1.09 bits per heavy atom. The zero-order valence-electron chi connectivity index (χ0n) is 19.7. The Labute approximate surface area is 213 Å². The van der Waals surface area contributed by atoms with Crippen LogP contribution in [-0.2, 0) is 30.4 Å². The number of rotatable bonds is 8. The molecular formula is C23H32N4O6S2. The molecule has 12 heteroatoms. The van der Waals surface area contributed by atoms with E-state index in [1.54, 1.807) is 18.8 Å². The van der Waals surface area contributed by atoms with E-state index in [0.29, 0.717) is 12.2 Å². The van der Waals surface area contributed by atoms with Crippen molar-refractivity contribution in [3.8, 4) is 0 Å². The molecule has 0 bridgehead atoms. The number of hydrogen-bond donors (Lipinski definition) is 5. The summed E-state index contributed by atoms with van der Waals surface area (Å²) >= 11 is 2.53. The number of carboxylic acids is 1. The monoisotopic (exact) mass is 524 g/mol. The van der Waals surface area contributed by atoms with Gasteiger partial charge in [0.05, 0.1) is 31.1 Å². The summed E-state index contributed by atoms with van der Waals surface area (Å²) in [7, 11) is 1.54. The molecule has 1 heterocycles. The number of ketones is 1. The third kappa shape index (κ3) is 9.63. The van der Waals surface area contributed by atoms with Crippen LogP contribution in [0.3, 0.4) is 0 Å². The van der Waals surface area contributed by atoms with Crippen LogP contribution in [0.15, 0.2) is 30.3 Å². The summed E-state index contributed by atoms with van der Waals surface area (Å²) in [6, 6.07) is 5.30. The van der Waals surface area contributed by atoms with Gasteiger partial charge in [-0.25, -0.2) is 0 Å². The van der Waals surface area contributed by atoms with Gasteiger partial charge in [-0.2, -0.15) is 11.8 Å². The second-order valence-electron chi connectivity index (χ2n) is 8.06. The smallest absolute Gasteiger partial charge is 0.305 e. The van der Waals surface area contributed by atoms with Gasteiger partial charge in [-0.1, -0.05) is 42.1 Å². The second-order valence-corrected chi connectivity index (χ2v) is 10.1. The highest BCUT2D eigenvalue weighted by Gasteiger charge is 2.32. The highest BCUT2D eigenvalue weighted by molar-refractivity contribution is 8.13. The number of carbonyl (C=O) groups excluding carboxylic acids is 4. The number of carboxylic acid groups (broad SMARTS) is 1. The quantitative estimate of drug-likeness (QED) is 0.309. The van der Waals surface area contributed by atoms with E-state index in [2.05, 4.69) is 21.3 Å². The van der Waals surface area contributed by atoms with Gasteiger partial charge >= 0.3 is 5.97 Å². The topological polar surface area (TPSA) is 154 Å². The molecule has 192 valence electrons. The van der Waals surface area contributed by atoms with E-state index in [1.807, 2.05) is 36.6 Å². The van der Waals surface area contributed by atoms with E-state index in [-0.39, 0.29) is 29.6 Å². The molecular weight excluding hydrogens is 492 g/mol. The van der Waals surface area contributed by atoms with Crippen LogP contribution in [0, 0.1) is 0 Å². The molecule has 10 nitrogen and oxygen atoms in total. The predicted octanol–water partition coefficient (Wildman–Crippen LogP) is -0.185. The van der Waals surface area contributed by atoms with Gasteiger partial charge in [-0.15, -0.1) is 0 Å². The molecule has 1 fully saturated rings. The molecule has 0 aromatic heterocycles. The summed E-state index contributed by atoms with van der Waals surface area (Å²) in [6.07, 6.45) is 1.96. The first-order chi connectivity index (χ1) is 16.7. The van der Waals surface area contributed by atoms with Crippen molar-refractivity contribution >= 4 is 52.2 Å². The fraction of sp³-hybridized carbons (Fsp3) is 0.522. The van der Waals surface area contributed by atoms with E-state index in [1.165, 1.54) is 0 Å². The standard InChI is InChI=1S/C23H32N4O6S2/c1-24-18-13-35-23(33)15(8-9-34-2)25-12-19(28)16(10-14-6-4-3-5-7-14)26-21(31)17(11-20(29)30)27-22(18)32/h3-7,15-18,24-25H,8-13H2,1-2H3,(H,26,31)(H,27,32)(H,29,30)/t15-,16-,17-,18-/m0/s1. The number of Topliss-reactive ketones (excluding diaryl/α,β-unsaturated/α-hetero) is 1. The largest absolute Gasteiger partial charge is 0.481 e. The molecule has 0 spiro atoms. The van der Waals surface area contributed by atoms with Gasteiger partial charge in [-0.3, -0.25) is 29.3 Å². The maximum Gasteiger partial charge on any atom is 0.305 e. The van der Waals surface area contributed by atoms with Crippen molar-refractivity contribution in [2.45, 2.75) is 43.4 Å². The second kappa shape index (κ2) is 14.9. The van der Waals surface area contributed by atoms with Crippen molar-refractivity contribution in [3.63, 3.8) is 0 Å². The number of amides is 2. The molecule has 1 aromatic carbocycles. The van der Waals surface area contributed by atoms with E-state index in [4.69, 9.17) is 0 Å². The molecule has 0 aliphatic carbocycles. The number of nitrogens with one attached hydrogen (secondary N) is 4. The van der Waals surface area contributed by atoms with Gasteiger partial charge in [0.2, 0.25) is 16.9 Å². The minimum absolute atomic E-state index is 0.0879. The fourth-order valence-corrected chi connectivity index (χ4v) is 4.99. The molecule has 4 atom stereocenters. The van der Waals surface area contributed by atoms with Crippen LogP contribution in [0.2, 0.25) is 0 Å². The van der Waals surface area contributed by atoms with E-state index < -0.39 is 48.4 Å². The molecule has 5 N–H and O–H groups in total. The maximum absolute atomic E-state index is 13.1. The number of thioether (sulfide) groups is 2. The minimum atomic E-state index is -1.38. The first-order valence-electron chi connectivity index (χ1n) is 11.2. The van der Waals surface area contributed by atoms with E-state index in [0.717, 1.165) is 17.3 Å². The average Bonchev–Trinajstić information content (AvgIpc) is 2.83. The summed E-state index contributed by atoms with van der Waals surface area (Å²) in [5.41, 5.74) is 0.798. The lowest BCUT2D eigenvalue weighted by Gasteiger charge is -2.26. The maximum atomic E-state index is 13.1. The Balaban J connectivity index is 2.35. The van der Waals surface area contributed by atoms with Crippen LogP contribution >= 0.6 is 23.5 Å². The van der Waals surface area contributed by atoms with Crippen molar-refractivity contribution in [3.05, 3.63) is 35.9 Å². The Morgan fingerprint density at radius 2 is 1.77 bits per heavy atom. The molecule has 1 saturated heterocycles. The fourth-order valence-electron chi connectivity index (χ4n) is 3.47. The van der Waals surface area contributed by atoms with Crippen LogP contribution in [0.4, 0.5) is 0 Å². The summed E-state index contributed by atoms with van der Waals surface area (Å²) in [4.78, 5) is 63.2. The summed E-state index contributed by atoms with van der Waals surface area (Å²) in [5, 5.41) is 20.0. The van der Waals surface area contributed by atoms with E-state index >= 15 is 0 Å². The molecule has 2 rings (SSSR count). The lowest BCUT2D eigenvalue weighted by Crippen LogP contribution is -2.57. The molecule has 2 amide bonds. The number of aliphatic carboxylic acids is 1. The van der Waals surface area contributed by atoms with Gasteiger partial charge < -0.3 is 21.1 Å². The Hall–Kier alpha value is -2.41. The highest BCUT2D eigenvalue weighted by Crippen LogP contribution is 2.14. The van der Waals surface area contributed by atoms with Crippen molar-refractivity contribution in [2.24, 2.45) is 0 Å². The van der Waals surface area contributed by atoms with Gasteiger partial charge in [0.1, 0.15) is 6.04 Å². The number of likely N-dealkylation sites (N-methyl/N-ethyl adjacent to an activating group) is 1.